The van der Waals surface area contributed by atoms with E-state index in [1.165, 1.54) is 40.7 Å². The van der Waals surface area contributed by atoms with Crippen LogP contribution in [0, 0.1) is 13.8 Å². The van der Waals surface area contributed by atoms with E-state index in [2.05, 4.69) is 113 Å². The van der Waals surface area contributed by atoms with Gasteiger partial charge in [0.05, 0.1) is 6.54 Å². The lowest BCUT2D eigenvalue weighted by Gasteiger charge is -2.37. The Morgan fingerprint density at radius 3 is 2.12 bits per heavy atom. The number of hydrogen-bond donors (Lipinski definition) is 3. The van der Waals surface area contributed by atoms with Crippen molar-refractivity contribution >= 4 is 34.3 Å². The maximum atomic E-state index is 13.3. The number of amides is 2. The highest BCUT2D eigenvalue weighted by Crippen LogP contribution is 2.37. The molecule has 0 spiro atoms. The van der Waals surface area contributed by atoms with Gasteiger partial charge in [-0.1, -0.05) is 102 Å². The molecule has 0 aliphatic carbocycles. The van der Waals surface area contributed by atoms with Crippen molar-refractivity contribution in [1.29, 1.82) is 0 Å². The smallest absolute Gasteiger partial charge is 0.268 e. The second-order valence-corrected chi connectivity index (χ2v) is 13.8. The Kier molecular flexibility index (Phi) is 10.6. The molecule has 0 radical (unpaired) electrons. The molecule has 1 saturated heterocycles. The summed E-state index contributed by atoms with van der Waals surface area (Å²) >= 11 is 6.11. The van der Waals surface area contributed by atoms with Crippen LogP contribution >= 0.6 is 11.6 Å². The van der Waals surface area contributed by atoms with E-state index in [0.29, 0.717) is 23.2 Å². The minimum Gasteiger partial charge on any atom is -0.353 e. The maximum absolute atomic E-state index is 13.3. The Bertz CT molecular complexity index is 1780. The van der Waals surface area contributed by atoms with Crippen LogP contribution in [-0.2, 0) is 10.2 Å². The van der Waals surface area contributed by atoms with Crippen molar-refractivity contribution in [1.82, 2.24) is 20.5 Å². The predicted octanol–water partition coefficient (Wildman–Crippen LogP) is 7.93. The molecule has 0 atom stereocenters. The van der Waals surface area contributed by atoms with Crippen LogP contribution in [0.1, 0.15) is 69.9 Å². The largest absolute Gasteiger partial charge is 0.353 e. The maximum Gasteiger partial charge on any atom is 0.268 e. The molecule has 1 fully saturated rings. The van der Waals surface area contributed by atoms with Gasteiger partial charge in [0, 0.05) is 27.9 Å². The molecule has 7 heteroatoms. The molecule has 6 nitrogen and oxygen atoms in total. The van der Waals surface area contributed by atoms with Gasteiger partial charge in [-0.15, -0.1) is 0 Å². The number of nitrogens with zero attached hydrogens (tertiary/aromatic N) is 1. The van der Waals surface area contributed by atoms with Crippen LogP contribution in [0.25, 0.3) is 10.9 Å². The van der Waals surface area contributed by atoms with E-state index >= 15 is 0 Å². The van der Waals surface area contributed by atoms with Gasteiger partial charge in [0.15, 0.2) is 0 Å². The number of likely N-dealkylation sites (tertiary alicyclic amines) is 1. The van der Waals surface area contributed by atoms with E-state index in [4.69, 9.17) is 11.6 Å². The first-order valence-electron chi connectivity index (χ1n) is 17.0. The third kappa shape index (κ3) is 8.00. The molecule has 6 rings (SSSR count). The number of piperidine rings is 1. The van der Waals surface area contributed by atoms with Gasteiger partial charge in [-0.25, -0.2) is 0 Å². The summed E-state index contributed by atoms with van der Waals surface area (Å²) in [6.07, 6.45) is 4.23. The fourth-order valence-corrected chi connectivity index (χ4v) is 7.29. The molecule has 48 heavy (non-hydrogen) atoms. The van der Waals surface area contributed by atoms with Gasteiger partial charge >= 0.3 is 0 Å². The van der Waals surface area contributed by atoms with Crippen LogP contribution in [0.2, 0.25) is 5.02 Å². The Hall–Kier alpha value is -4.39. The summed E-state index contributed by atoms with van der Waals surface area (Å²) < 4.78 is 0. The Morgan fingerprint density at radius 1 is 0.833 bits per heavy atom. The molecular weight excluding hydrogens is 616 g/mol. The first-order valence-corrected chi connectivity index (χ1v) is 17.4. The molecule has 1 aliphatic rings. The van der Waals surface area contributed by atoms with E-state index in [1.54, 1.807) is 18.2 Å². The first-order chi connectivity index (χ1) is 23.3. The summed E-state index contributed by atoms with van der Waals surface area (Å²) in [4.78, 5) is 32.0. The monoisotopic (exact) mass is 660 g/mol. The summed E-state index contributed by atoms with van der Waals surface area (Å²) in [5.74, 6) is 0.0675. The molecule has 1 aliphatic heterocycles. The molecule has 0 saturated carbocycles. The van der Waals surface area contributed by atoms with Gasteiger partial charge in [0.25, 0.3) is 5.91 Å². The SMILES string of the molecule is Cc1ccc(C(CCCN2CCC(c3ccccc3)CC2)(CNC(=O)CNC(=O)c2cc3cc(Cl)ccc3[nH]2)c2ccc(C)cc2)cc1. The molecule has 2 amide bonds. The lowest BCUT2D eigenvalue weighted by Crippen LogP contribution is -2.45. The van der Waals surface area contributed by atoms with Crippen LogP contribution in [0.3, 0.4) is 0 Å². The first kappa shape index (κ1) is 33.5. The van der Waals surface area contributed by atoms with Gasteiger partial charge < -0.3 is 20.5 Å². The summed E-state index contributed by atoms with van der Waals surface area (Å²) in [6, 6.07) is 35.5. The van der Waals surface area contributed by atoms with Crippen LogP contribution in [-0.4, -0.2) is 54.4 Å². The summed E-state index contributed by atoms with van der Waals surface area (Å²) in [6.45, 7) is 7.72. The van der Waals surface area contributed by atoms with Crippen LogP contribution in [0.15, 0.2) is 103 Å². The Balaban J connectivity index is 1.14. The number of benzene rings is 4. The zero-order chi connectivity index (χ0) is 33.5. The topological polar surface area (TPSA) is 77.2 Å². The second kappa shape index (κ2) is 15.2. The number of aryl methyl sites for hydroxylation is 2. The molecule has 1 aromatic heterocycles. The predicted molar refractivity (Wildman–Crippen MR) is 196 cm³/mol. The molecule has 3 N–H and O–H groups in total. The highest BCUT2D eigenvalue weighted by molar-refractivity contribution is 6.31. The third-order valence-corrected chi connectivity index (χ3v) is 10.2. The normalized spacial score (nSPS) is 14.2. The number of hydrogen-bond acceptors (Lipinski definition) is 3. The molecule has 5 aromatic rings. The van der Waals surface area contributed by atoms with E-state index in [1.807, 2.05) is 6.07 Å². The number of carbonyl (C=O) groups excluding carboxylic acids is 2. The number of aromatic nitrogens is 1. The molecule has 0 bridgehead atoms. The van der Waals surface area contributed by atoms with E-state index in [-0.39, 0.29) is 18.4 Å². The molecule has 2 heterocycles. The number of aromatic amines is 1. The Morgan fingerprint density at radius 2 is 1.48 bits per heavy atom. The van der Waals surface area contributed by atoms with Gasteiger partial charge in [-0.2, -0.15) is 0 Å². The van der Waals surface area contributed by atoms with Crippen LogP contribution < -0.4 is 10.6 Å². The van der Waals surface area contributed by atoms with Crippen molar-refractivity contribution in [2.24, 2.45) is 0 Å². The Labute approximate surface area is 288 Å². The highest BCUT2D eigenvalue weighted by Gasteiger charge is 2.35. The van der Waals surface area contributed by atoms with Crippen molar-refractivity contribution in [2.75, 3.05) is 32.7 Å². The lowest BCUT2D eigenvalue weighted by atomic mass is 9.70. The van der Waals surface area contributed by atoms with Crippen molar-refractivity contribution < 1.29 is 9.59 Å². The summed E-state index contributed by atoms with van der Waals surface area (Å²) in [5.41, 5.74) is 6.99. The standard InChI is InChI=1S/C41H45ClN4O2/c1-29-9-13-34(14-10-29)41(35-15-11-30(2)12-16-35,21-6-22-46-23-19-32(20-24-46)31-7-4-3-5-8-31)28-44-39(47)27-43-40(48)38-26-33-25-36(42)17-18-37(33)45-38/h3-5,7-18,25-26,32,45H,6,19-24,27-28H2,1-2H3,(H,43,48)(H,44,47). The average molecular weight is 661 g/mol. The third-order valence-electron chi connectivity index (χ3n) is 9.97. The van der Waals surface area contributed by atoms with Gasteiger partial charge in [0.2, 0.25) is 5.91 Å². The van der Waals surface area contributed by atoms with Crippen molar-refractivity contribution in [3.05, 3.63) is 142 Å². The van der Waals surface area contributed by atoms with Crippen molar-refractivity contribution in [3.63, 3.8) is 0 Å². The zero-order valence-corrected chi connectivity index (χ0v) is 28.7. The van der Waals surface area contributed by atoms with Gasteiger partial charge in [-0.05, 0) is 106 Å². The molecule has 248 valence electrons. The second-order valence-electron chi connectivity index (χ2n) is 13.3. The van der Waals surface area contributed by atoms with Crippen molar-refractivity contribution in [3.8, 4) is 0 Å². The minimum absolute atomic E-state index is 0.122. The van der Waals surface area contributed by atoms with Gasteiger partial charge in [-0.3, -0.25) is 9.59 Å². The lowest BCUT2D eigenvalue weighted by molar-refractivity contribution is -0.120. The number of rotatable bonds is 12. The molecule has 4 aromatic carbocycles. The molecule has 0 unspecified atom stereocenters. The number of fused-ring (bicyclic) bond motifs is 1. The highest BCUT2D eigenvalue weighted by atomic mass is 35.5. The van der Waals surface area contributed by atoms with Crippen LogP contribution in [0.4, 0.5) is 0 Å². The molecular formula is C41H45ClN4O2. The van der Waals surface area contributed by atoms with Gasteiger partial charge in [0.1, 0.15) is 5.69 Å². The number of halogens is 1. The van der Waals surface area contributed by atoms with Crippen LogP contribution in [0.5, 0.6) is 0 Å². The zero-order valence-electron chi connectivity index (χ0n) is 27.9. The fraction of sp³-hybridized carbons (Fsp3) is 0.317. The summed E-state index contributed by atoms with van der Waals surface area (Å²) in [7, 11) is 0. The van der Waals surface area contributed by atoms with E-state index < -0.39 is 5.41 Å². The minimum atomic E-state index is -0.431. The fourth-order valence-electron chi connectivity index (χ4n) is 7.11. The van der Waals surface area contributed by atoms with E-state index in [9.17, 15) is 9.59 Å². The number of H-pyrrole nitrogens is 1. The van der Waals surface area contributed by atoms with E-state index in [0.717, 1.165) is 43.4 Å². The summed E-state index contributed by atoms with van der Waals surface area (Å²) in [5, 5.41) is 7.44. The number of nitrogens with one attached hydrogen (secondary N) is 3. The quantitative estimate of drug-likeness (QED) is 0.127. The van der Waals surface area contributed by atoms with Crippen molar-refractivity contribution in [2.45, 2.75) is 50.9 Å². The number of carbonyl (C=O) groups is 2. The average Bonchev–Trinajstić information content (AvgIpc) is 3.54.